The average molecular weight is 174 g/mol. The van der Waals surface area contributed by atoms with Crippen LogP contribution in [-0.2, 0) is 0 Å². The molecule has 2 rings (SSSR count). The summed E-state index contributed by atoms with van der Waals surface area (Å²) in [6.45, 7) is 4.15. The van der Waals surface area contributed by atoms with Gasteiger partial charge in [-0.15, -0.1) is 0 Å². The molecule has 2 nitrogen and oxygen atoms in total. The SMILES string of the molecule is Cc1ccc(N2CC=CCC2)nc1. The molecule has 0 aromatic carbocycles. The van der Waals surface area contributed by atoms with Crippen LogP contribution in [0.5, 0.6) is 0 Å². The van der Waals surface area contributed by atoms with Gasteiger partial charge in [0.05, 0.1) is 0 Å². The van der Waals surface area contributed by atoms with Gasteiger partial charge in [-0.05, 0) is 25.0 Å². The van der Waals surface area contributed by atoms with Gasteiger partial charge >= 0.3 is 0 Å². The highest BCUT2D eigenvalue weighted by atomic mass is 15.2. The number of hydrogen-bond donors (Lipinski definition) is 0. The molecule has 2 heterocycles. The molecule has 0 N–H and O–H groups in total. The summed E-state index contributed by atoms with van der Waals surface area (Å²) >= 11 is 0. The first-order chi connectivity index (χ1) is 6.36. The number of rotatable bonds is 1. The lowest BCUT2D eigenvalue weighted by atomic mass is 10.2. The Kier molecular flexibility index (Phi) is 2.30. The summed E-state index contributed by atoms with van der Waals surface area (Å²) < 4.78 is 0. The van der Waals surface area contributed by atoms with Crippen molar-refractivity contribution >= 4 is 5.82 Å². The van der Waals surface area contributed by atoms with Crippen LogP contribution < -0.4 is 4.90 Å². The fraction of sp³-hybridized carbons (Fsp3) is 0.364. The highest BCUT2D eigenvalue weighted by molar-refractivity contribution is 5.40. The predicted octanol–water partition coefficient (Wildman–Crippen LogP) is 2.16. The molecule has 0 bridgehead atoms. The number of hydrogen-bond acceptors (Lipinski definition) is 2. The van der Waals surface area contributed by atoms with Gasteiger partial charge < -0.3 is 4.90 Å². The van der Waals surface area contributed by atoms with E-state index in [2.05, 4.69) is 41.1 Å². The van der Waals surface area contributed by atoms with E-state index in [1.165, 1.54) is 5.56 Å². The van der Waals surface area contributed by atoms with Crippen molar-refractivity contribution in [1.82, 2.24) is 4.98 Å². The minimum absolute atomic E-state index is 0.996. The first-order valence-electron chi connectivity index (χ1n) is 4.69. The van der Waals surface area contributed by atoms with Crippen molar-refractivity contribution in [3.63, 3.8) is 0 Å². The quantitative estimate of drug-likeness (QED) is 0.606. The average Bonchev–Trinajstić information content (AvgIpc) is 2.20. The molecule has 0 saturated carbocycles. The molecule has 1 aliphatic rings. The first kappa shape index (κ1) is 8.30. The second-order valence-corrected chi connectivity index (χ2v) is 3.40. The number of nitrogens with zero attached hydrogens (tertiary/aromatic N) is 2. The van der Waals surface area contributed by atoms with Gasteiger partial charge in [0.15, 0.2) is 0 Å². The lowest BCUT2D eigenvalue weighted by Crippen LogP contribution is -2.27. The zero-order valence-corrected chi connectivity index (χ0v) is 7.90. The molecular formula is C11H14N2. The Balaban J connectivity index is 2.15. The minimum atomic E-state index is 0.996. The molecule has 68 valence electrons. The van der Waals surface area contributed by atoms with Crippen LogP contribution in [0.15, 0.2) is 30.5 Å². The second-order valence-electron chi connectivity index (χ2n) is 3.40. The van der Waals surface area contributed by atoms with E-state index < -0.39 is 0 Å². The lowest BCUT2D eigenvalue weighted by Gasteiger charge is -2.24. The fourth-order valence-electron chi connectivity index (χ4n) is 1.50. The van der Waals surface area contributed by atoms with Crippen molar-refractivity contribution in [2.24, 2.45) is 0 Å². The Labute approximate surface area is 78.9 Å². The van der Waals surface area contributed by atoms with Crippen LogP contribution in [0.4, 0.5) is 5.82 Å². The van der Waals surface area contributed by atoms with E-state index in [0.29, 0.717) is 0 Å². The zero-order valence-electron chi connectivity index (χ0n) is 7.90. The van der Waals surface area contributed by atoms with Gasteiger partial charge in [0.2, 0.25) is 0 Å². The molecule has 0 aliphatic carbocycles. The van der Waals surface area contributed by atoms with E-state index >= 15 is 0 Å². The summed E-state index contributed by atoms with van der Waals surface area (Å²) in [5.41, 5.74) is 1.22. The van der Waals surface area contributed by atoms with E-state index in [9.17, 15) is 0 Å². The molecule has 2 heteroatoms. The molecule has 13 heavy (non-hydrogen) atoms. The van der Waals surface area contributed by atoms with Gasteiger partial charge in [-0.2, -0.15) is 0 Å². The molecule has 0 saturated heterocycles. The van der Waals surface area contributed by atoms with Gasteiger partial charge in [0.25, 0.3) is 0 Å². The zero-order chi connectivity index (χ0) is 9.10. The van der Waals surface area contributed by atoms with Crippen molar-refractivity contribution in [3.05, 3.63) is 36.0 Å². The summed E-state index contributed by atoms with van der Waals surface area (Å²) in [7, 11) is 0. The van der Waals surface area contributed by atoms with Crippen molar-refractivity contribution < 1.29 is 0 Å². The van der Waals surface area contributed by atoms with Crippen molar-refractivity contribution in [2.45, 2.75) is 13.3 Å². The number of anilines is 1. The maximum absolute atomic E-state index is 4.39. The van der Waals surface area contributed by atoms with Crippen LogP contribution in [0, 0.1) is 6.92 Å². The summed E-state index contributed by atoms with van der Waals surface area (Å²) in [5.74, 6) is 1.09. The predicted molar refractivity (Wildman–Crippen MR) is 54.9 cm³/mol. The van der Waals surface area contributed by atoms with E-state index in [1.807, 2.05) is 6.20 Å². The Bertz CT molecular complexity index is 300. The standard InChI is InChI=1S/C11H14N2/c1-10-5-6-11(12-9-10)13-7-3-2-4-8-13/h2-3,5-6,9H,4,7-8H2,1H3. The van der Waals surface area contributed by atoms with E-state index in [-0.39, 0.29) is 0 Å². The monoisotopic (exact) mass is 174 g/mol. The van der Waals surface area contributed by atoms with Crippen LogP contribution in [0.1, 0.15) is 12.0 Å². The lowest BCUT2D eigenvalue weighted by molar-refractivity contribution is 0.805. The summed E-state index contributed by atoms with van der Waals surface area (Å²) in [4.78, 5) is 6.69. The molecule has 1 aliphatic heterocycles. The molecule has 0 atom stereocenters. The second kappa shape index (κ2) is 3.60. The largest absolute Gasteiger partial charge is 0.353 e. The Morgan fingerprint density at radius 2 is 2.23 bits per heavy atom. The van der Waals surface area contributed by atoms with E-state index in [4.69, 9.17) is 0 Å². The van der Waals surface area contributed by atoms with E-state index in [1.54, 1.807) is 0 Å². The van der Waals surface area contributed by atoms with Crippen molar-refractivity contribution in [2.75, 3.05) is 18.0 Å². The molecule has 0 spiro atoms. The topological polar surface area (TPSA) is 16.1 Å². The van der Waals surface area contributed by atoms with Gasteiger partial charge in [-0.25, -0.2) is 4.98 Å². The first-order valence-corrected chi connectivity index (χ1v) is 4.69. The van der Waals surface area contributed by atoms with Crippen LogP contribution in [0.2, 0.25) is 0 Å². The van der Waals surface area contributed by atoms with Crippen LogP contribution >= 0.6 is 0 Å². The molecule has 0 amide bonds. The fourth-order valence-corrected chi connectivity index (χ4v) is 1.50. The van der Waals surface area contributed by atoms with Crippen LogP contribution in [-0.4, -0.2) is 18.1 Å². The van der Waals surface area contributed by atoms with Crippen molar-refractivity contribution in [1.29, 1.82) is 0 Å². The highest BCUT2D eigenvalue weighted by Crippen LogP contribution is 2.13. The molecule has 0 fully saturated rings. The normalized spacial score (nSPS) is 16.2. The maximum atomic E-state index is 4.39. The third-order valence-corrected chi connectivity index (χ3v) is 2.28. The van der Waals surface area contributed by atoms with Gasteiger partial charge in [-0.1, -0.05) is 18.2 Å². The summed E-state index contributed by atoms with van der Waals surface area (Å²) in [6, 6.07) is 4.20. The maximum Gasteiger partial charge on any atom is 0.128 e. The smallest absolute Gasteiger partial charge is 0.128 e. The van der Waals surface area contributed by atoms with Gasteiger partial charge in [0.1, 0.15) is 5.82 Å². The van der Waals surface area contributed by atoms with Crippen molar-refractivity contribution in [3.8, 4) is 0 Å². The summed E-state index contributed by atoms with van der Waals surface area (Å²) in [5, 5.41) is 0. The van der Waals surface area contributed by atoms with Gasteiger partial charge in [-0.3, -0.25) is 0 Å². The molecular weight excluding hydrogens is 160 g/mol. The molecule has 1 aromatic rings. The summed E-state index contributed by atoms with van der Waals surface area (Å²) in [6.07, 6.45) is 7.49. The third-order valence-electron chi connectivity index (χ3n) is 2.28. The Morgan fingerprint density at radius 3 is 2.85 bits per heavy atom. The Hall–Kier alpha value is -1.31. The Morgan fingerprint density at radius 1 is 1.31 bits per heavy atom. The number of aryl methyl sites for hydroxylation is 1. The minimum Gasteiger partial charge on any atom is -0.353 e. The van der Waals surface area contributed by atoms with Crippen LogP contribution in [0.3, 0.4) is 0 Å². The van der Waals surface area contributed by atoms with E-state index in [0.717, 1.165) is 25.3 Å². The number of pyridine rings is 1. The van der Waals surface area contributed by atoms with Gasteiger partial charge in [0, 0.05) is 19.3 Å². The molecule has 0 radical (unpaired) electrons. The highest BCUT2D eigenvalue weighted by Gasteiger charge is 2.07. The van der Waals surface area contributed by atoms with Crippen LogP contribution in [0.25, 0.3) is 0 Å². The number of aromatic nitrogens is 1. The third kappa shape index (κ3) is 1.89. The molecule has 1 aromatic heterocycles. The molecule has 0 unspecified atom stereocenters.